The number of hydrogen-bond acceptors (Lipinski definition) is 6. The summed E-state index contributed by atoms with van der Waals surface area (Å²) in [4.78, 5) is 35.2. The van der Waals surface area contributed by atoms with Crippen LogP contribution in [0.2, 0.25) is 0 Å². The molecule has 1 saturated heterocycles. The number of nitrogens with two attached hydrogens (primary N) is 2. The summed E-state index contributed by atoms with van der Waals surface area (Å²) in [7, 11) is 0. The van der Waals surface area contributed by atoms with Gasteiger partial charge in [-0.05, 0) is 37.1 Å². The highest BCUT2D eigenvalue weighted by atomic mass is 16.2. The van der Waals surface area contributed by atoms with Crippen molar-refractivity contribution >= 4 is 17.9 Å². The van der Waals surface area contributed by atoms with Gasteiger partial charge in [0.05, 0.1) is 5.56 Å². The van der Waals surface area contributed by atoms with Crippen LogP contribution in [0, 0.1) is 0 Å². The molecule has 3 rings (SSSR count). The minimum absolute atomic E-state index is 0.0808. The molecule has 166 valence electrons. The molecule has 1 aromatic heterocycles. The standard InChI is InChI=1S/C20H29N9O2/c21-18(22)25-8-1-7-23-10-13-2-4-14(5-3-13)16-12-26-19(28-17(16)30)29-20(31)27-15-6-9-24-11-15/h2-5,12,15,23-24H,1,6-11H2,(H4,21,22,25)(H3,26,27,28,29,30,31)/t15-/m1/s1. The van der Waals surface area contributed by atoms with Crippen molar-refractivity contribution in [2.45, 2.75) is 25.4 Å². The Bertz CT molecular complexity index is 946. The van der Waals surface area contributed by atoms with E-state index in [-0.39, 0.29) is 29.5 Å². The second-order valence-electron chi connectivity index (χ2n) is 7.30. The monoisotopic (exact) mass is 427 g/mol. The van der Waals surface area contributed by atoms with E-state index in [9.17, 15) is 9.59 Å². The molecule has 1 aliphatic rings. The van der Waals surface area contributed by atoms with Crippen molar-refractivity contribution < 1.29 is 4.79 Å². The molecule has 0 spiro atoms. The lowest BCUT2D eigenvalue weighted by Gasteiger charge is -2.12. The zero-order valence-corrected chi connectivity index (χ0v) is 17.3. The van der Waals surface area contributed by atoms with E-state index in [4.69, 9.17) is 11.5 Å². The molecule has 1 aromatic carbocycles. The highest BCUT2D eigenvalue weighted by Gasteiger charge is 2.17. The topological polar surface area (TPSA) is 175 Å². The van der Waals surface area contributed by atoms with Crippen molar-refractivity contribution in [2.24, 2.45) is 16.5 Å². The van der Waals surface area contributed by atoms with E-state index in [1.54, 1.807) is 0 Å². The molecule has 0 saturated carbocycles. The van der Waals surface area contributed by atoms with E-state index in [0.717, 1.165) is 43.6 Å². The van der Waals surface area contributed by atoms with Gasteiger partial charge in [-0.3, -0.25) is 20.1 Å². The van der Waals surface area contributed by atoms with Crippen molar-refractivity contribution in [3.63, 3.8) is 0 Å². The summed E-state index contributed by atoms with van der Waals surface area (Å²) < 4.78 is 0. The van der Waals surface area contributed by atoms with Crippen LogP contribution in [0.15, 0.2) is 40.2 Å². The highest BCUT2D eigenvalue weighted by molar-refractivity contribution is 5.87. The lowest BCUT2D eigenvalue weighted by molar-refractivity contribution is 0.249. The predicted octanol–water partition coefficient (Wildman–Crippen LogP) is -0.327. The lowest BCUT2D eigenvalue weighted by Crippen LogP contribution is -2.39. The van der Waals surface area contributed by atoms with Crippen LogP contribution in [-0.4, -0.2) is 54.2 Å². The maximum Gasteiger partial charge on any atom is 0.321 e. The molecule has 0 radical (unpaired) electrons. The number of guanidine groups is 1. The Morgan fingerprint density at radius 3 is 2.74 bits per heavy atom. The number of carbonyl (C=O) groups is 1. The SMILES string of the molecule is NC(N)=NCCCNCc1ccc(-c2cnc(NC(=O)N[C@@H]3CCNC3)[nH]c2=O)cc1. The van der Waals surface area contributed by atoms with Gasteiger partial charge in [-0.15, -0.1) is 0 Å². The minimum atomic E-state index is -0.389. The maximum absolute atomic E-state index is 12.5. The van der Waals surface area contributed by atoms with Gasteiger partial charge in [0, 0.05) is 31.9 Å². The number of aliphatic imine (C=N–C) groups is 1. The number of carbonyl (C=O) groups excluding carboxylic acids is 1. The van der Waals surface area contributed by atoms with Crippen LogP contribution in [0.5, 0.6) is 0 Å². The van der Waals surface area contributed by atoms with E-state index < -0.39 is 0 Å². The van der Waals surface area contributed by atoms with Gasteiger partial charge >= 0.3 is 6.03 Å². The number of urea groups is 1. The number of aromatic nitrogens is 2. The van der Waals surface area contributed by atoms with Crippen molar-refractivity contribution in [1.82, 2.24) is 25.9 Å². The third-order valence-corrected chi connectivity index (χ3v) is 4.83. The lowest BCUT2D eigenvalue weighted by atomic mass is 10.1. The van der Waals surface area contributed by atoms with Crippen LogP contribution in [0.25, 0.3) is 11.1 Å². The average molecular weight is 428 g/mol. The largest absolute Gasteiger partial charge is 0.370 e. The van der Waals surface area contributed by atoms with Gasteiger partial charge in [-0.1, -0.05) is 24.3 Å². The molecule has 0 bridgehead atoms. The molecule has 1 aliphatic heterocycles. The van der Waals surface area contributed by atoms with Gasteiger partial charge in [-0.2, -0.15) is 0 Å². The molecule has 31 heavy (non-hydrogen) atoms. The van der Waals surface area contributed by atoms with Crippen LogP contribution in [-0.2, 0) is 6.54 Å². The molecular formula is C20H29N9O2. The van der Waals surface area contributed by atoms with Crippen LogP contribution >= 0.6 is 0 Å². The van der Waals surface area contributed by atoms with Crippen molar-refractivity contribution in [2.75, 3.05) is 31.5 Å². The molecule has 0 unspecified atom stereocenters. The van der Waals surface area contributed by atoms with Gasteiger partial charge in [0.2, 0.25) is 5.95 Å². The third kappa shape index (κ3) is 7.08. The number of nitrogens with zero attached hydrogens (tertiary/aromatic N) is 2. The van der Waals surface area contributed by atoms with Crippen LogP contribution in [0.3, 0.4) is 0 Å². The van der Waals surface area contributed by atoms with Crippen LogP contribution < -0.4 is 38.3 Å². The Hall–Kier alpha value is -3.44. The zero-order valence-electron chi connectivity index (χ0n) is 17.3. The Kier molecular flexibility index (Phi) is 7.96. The average Bonchev–Trinajstić information content (AvgIpc) is 3.24. The Morgan fingerprint density at radius 2 is 2.06 bits per heavy atom. The van der Waals surface area contributed by atoms with Gasteiger partial charge in [0.25, 0.3) is 5.56 Å². The Morgan fingerprint density at radius 1 is 1.26 bits per heavy atom. The summed E-state index contributed by atoms with van der Waals surface area (Å²) in [6.07, 6.45) is 3.18. The van der Waals surface area contributed by atoms with Crippen LogP contribution in [0.1, 0.15) is 18.4 Å². The second kappa shape index (κ2) is 11.1. The van der Waals surface area contributed by atoms with Gasteiger partial charge in [0.1, 0.15) is 0 Å². The summed E-state index contributed by atoms with van der Waals surface area (Å²) in [6, 6.07) is 7.34. The molecule has 11 nitrogen and oxygen atoms in total. The summed E-state index contributed by atoms with van der Waals surface area (Å²) in [5.41, 5.74) is 12.5. The maximum atomic E-state index is 12.5. The molecule has 0 aliphatic carbocycles. The molecule has 11 heteroatoms. The fourth-order valence-electron chi connectivity index (χ4n) is 3.22. The molecule has 2 aromatic rings. The molecule has 2 heterocycles. The number of nitrogens with one attached hydrogen (secondary N) is 5. The molecule has 1 atom stereocenters. The number of hydrogen-bond donors (Lipinski definition) is 7. The van der Waals surface area contributed by atoms with E-state index in [0.29, 0.717) is 18.7 Å². The summed E-state index contributed by atoms with van der Waals surface area (Å²) >= 11 is 0. The number of amides is 2. The number of anilines is 1. The Labute approximate surface area is 180 Å². The summed E-state index contributed by atoms with van der Waals surface area (Å²) in [6.45, 7) is 3.70. The van der Waals surface area contributed by atoms with Crippen molar-refractivity contribution in [3.8, 4) is 11.1 Å². The second-order valence-corrected chi connectivity index (χ2v) is 7.30. The first-order valence-corrected chi connectivity index (χ1v) is 10.2. The smallest absolute Gasteiger partial charge is 0.321 e. The fourth-order valence-corrected chi connectivity index (χ4v) is 3.22. The summed E-state index contributed by atoms with van der Waals surface area (Å²) in [5.74, 6) is 0.215. The normalized spacial score (nSPS) is 15.4. The molecule has 1 fully saturated rings. The summed E-state index contributed by atoms with van der Waals surface area (Å²) in [5, 5.41) is 11.9. The van der Waals surface area contributed by atoms with Gasteiger partial charge < -0.3 is 27.4 Å². The number of rotatable bonds is 9. The predicted molar refractivity (Wildman–Crippen MR) is 121 cm³/mol. The number of H-pyrrole nitrogens is 1. The third-order valence-electron chi connectivity index (χ3n) is 4.83. The fraction of sp³-hybridized carbons (Fsp3) is 0.400. The first-order chi connectivity index (χ1) is 15.0. The van der Waals surface area contributed by atoms with E-state index >= 15 is 0 Å². The first-order valence-electron chi connectivity index (χ1n) is 10.2. The van der Waals surface area contributed by atoms with Gasteiger partial charge in [0.15, 0.2) is 5.96 Å². The molecule has 9 N–H and O–H groups in total. The van der Waals surface area contributed by atoms with Gasteiger partial charge in [-0.25, -0.2) is 9.78 Å². The number of benzene rings is 1. The first kappa shape index (κ1) is 22.2. The van der Waals surface area contributed by atoms with E-state index in [1.165, 1.54) is 6.20 Å². The van der Waals surface area contributed by atoms with Crippen molar-refractivity contribution in [1.29, 1.82) is 0 Å². The van der Waals surface area contributed by atoms with Crippen LogP contribution in [0.4, 0.5) is 10.7 Å². The Balaban J connectivity index is 1.50. The zero-order chi connectivity index (χ0) is 22.1. The van der Waals surface area contributed by atoms with Crippen molar-refractivity contribution in [3.05, 3.63) is 46.4 Å². The van der Waals surface area contributed by atoms with E-state index in [1.807, 2.05) is 24.3 Å². The molecule has 2 amide bonds. The van der Waals surface area contributed by atoms with E-state index in [2.05, 4.69) is 36.2 Å². The quantitative estimate of drug-likeness (QED) is 0.163. The number of aromatic amines is 1. The minimum Gasteiger partial charge on any atom is -0.370 e. The molecular weight excluding hydrogens is 398 g/mol. The highest BCUT2D eigenvalue weighted by Crippen LogP contribution is 2.15.